The van der Waals surface area contributed by atoms with E-state index in [-0.39, 0.29) is 34.6 Å². The van der Waals surface area contributed by atoms with E-state index in [0.29, 0.717) is 66.4 Å². The second-order valence-electron chi connectivity index (χ2n) is 19.0. The number of carbonyl (C=O) groups is 6. The van der Waals surface area contributed by atoms with E-state index >= 15 is 0 Å². The summed E-state index contributed by atoms with van der Waals surface area (Å²) in [6.45, 7) is 20.3. The Bertz CT molecular complexity index is 3200. The lowest BCUT2D eigenvalue weighted by molar-refractivity contribution is -0.111. The molecular formula is C65H75ClN4O10. The molecule has 14 nitrogen and oxygen atoms in total. The topological polar surface area (TPSA) is 213 Å². The van der Waals surface area contributed by atoms with Crippen LogP contribution < -0.4 is 0 Å². The van der Waals surface area contributed by atoms with E-state index in [1.165, 1.54) is 16.7 Å². The maximum Gasteiger partial charge on any atom is 0.354 e. The molecule has 3 unspecified atom stereocenters. The quantitative estimate of drug-likeness (QED) is 0.0237. The molecular weight excluding hydrogens is 1030 g/mol. The SMILES string of the molecule is CCOC(=O)c1cc(C(=O)C(C)c2ccccc2)c(C)[nH]1.CCOC(=O)c1cc(CC(C)c2ccccc2)c(C)[nH]1.CCOC(=O)c1ccc(C)[nH]1.Cc1[nH]c(C(=O)O)cc1CC(C)c1ccccc1.O=C(Cl)Cc1ccccc1. The summed E-state index contributed by atoms with van der Waals surface area (Å²) in [7, 11) is 0. The summed E-state index contributed by atoms with van der Waals surface area (Å²) in [5.74, 6) is -1.39. The lowest BCUT2D eigenvalue weighted by atomic mass is 9.92. The van der Waals surface area contributed by atoms with Crippen LogP contribution in [0, 0.1) is 27.7 Å². The van der Waals surface area contributed by atoms with E-state index in [9.17, 15) is 28.8 Å². The Kier molecular flexibility index (Phi) is 26.5. The first-order valence-corrected chi connectivity index (χ1v) is 27.0. The molecule has 15 heteroatoms. The predicted molar refractivity (Wildman–Crippen MR) is 314 cm³/mol. The summed E-state index contributed by atoms with van der Waals surface area (Å²) in [5.41, 5.74) is 12.6. The van der Waals surface area contributed by atoms with Crippen molar-refractivity contribution >= 4 is 46.5 Å². The highest BCUT2D eigenvalue weighted by Crippen LogP contribution is 2.26. The first kappa shape index (κ1) is 64.0. The fourth-order valence-electron chi connectivity index (χ4n) is 8.37. The second kappa shape index (κ2) is 33.1. The lowest BCUT2D eigenvalue weighted by Gasteiger charge is -2.11. The van der Waals surface area contributed by atoms with Crippen molar-refractivity contribution in [2.24, 2.45) is 0 Å². The number of halogens is 1. The number of hydrogen-bond acceptors (Lipinski definition) is 9. The Morgan fingerprint density at radius 3 is 1.26 bits per heavy atom. The van der Waals surface area contributed by atoms with Crippen LogP contribution in [0.1, 0.15) is 168 Å². The average molecular weight is 1110 g/mol. The number of aromatic nitrogens is 4. The number of carboxylic acid groups (broad SMARTS) is 1. The molecule has 0 aliphatic heterocycles. The Hall–Kier alpha value is -8.49. The van der Waals surface area contributed by atoms with Gasteiger partial charge >= 0.3 is 23.9 Å². The van der Waals surface area contributed by atoms with Gasteiger partial charge in [-0.25, -0.2) is 19.2 Å². The van der Waals surface area contributed by atoms with Crippen LogP contribution in [-0.2, 0) is 38.3 Å². The van der Waals surface area contributed by atoms with Crippen molar-refractivity contribution in [3.05, 3.63) is 236 Å². The van der Waals surface area contributed by atoms with Gasteiger partial charge in [-0.15, -0.1) is 0 Å². The van der Waals surface area contributed by atoms with Crippen LogP contribution in [0.5, 0.6) is 0 Å². The number of ether oxygens (including phenoxy) is 3. The third kappa shape index (κ3) is 20.7. The van der Waals surface area contributed by atoms with E-state index < -0.39 is 11.9 Å². The number of rotatable bonds is 18. The zero-order valence-electron chi connectivity index (χ0n) is 47.4. The number of H-pyrrole nitrogens is 4. The number of aromatic amines is 4. The van der Waals surface area contributed by atoms with Crippen LogP contribution in [0.2, 0.25) is 0 Å². The molecule has 0 amide bonds. The zero-order chi connectivity index (χ0) is 58.7. The molecule has 80 heavy (non-hydrogen) atoms. The van der Waals surface area contributed by atoms with Crippen LogP contribution in [0.25, 0.3) is 0 Å². The monoisotopic (exact) mass is 1110 g/mol. The van der Waals surface area contributed by atoms with Gasteiger partial charge in [0.25, 0.3) is 0 Å². The number of carbonyl (C=O) groups excluding carboxylic acids is 5. The summed E-state index contributed by atoms with van der Waals surface area (Å²) in [6, 6.07) is 48.5. The molecule has 4 aromatic heterocycles. The van der Waals surface area contributed by atoms with Crippen molar-refractivity contribution in [1.82, 2.24) is 19.9 Å². The number of aryl methyl sites for hydroxylation is 4. The first-order chi connectivity index (χ1) is 38.3. The Labute approximate surface area is 474 Å². The third-order valence-electron chi connectivity index (χ3n) is 12.7. The van der Waals surface area contributed by atoms with E-state index in [4.69, 9.17) is 30.9 Å². The van der Waals surface area contributed by atoms with Gasteiger partial charge in [0.1, 0.15) is 22.8 Å². The van der Waals surface area contributed by atoms with Gasteiger partial charge in [-0.3, -0.25) is 9.59 Å². The minimum absolute atomic E-state index is 0.00880. The van der Waals surface area contributed by atoms with Gasteiger partial charge in [-0.1, -0.05) is 142 Å². The van der Waals surface area contributed by atoms with Crippen LogP contribution >= 0.6 is 11.6 Å². The summed E-state index contributed by atoms with van der Waals surface area (Å²) in [5, 5.41) is 8.63. The van der Waals surface area contributed by atoms with Crippen LogP contribution in [0.4, 0.5) is 0 Å². The summed E-state index contributed by atoms with van der Waals surface area (Å²) in [6.07, 6.45) is 2.08. The van der Waals surface area contributed by atoms with Crippen molar-refractivity contribution in [3.8, 4) is 0 Å². The van der Waals surface area contributed by atoms with Gasteiger partial charge < -0.3 is 39.3 Å². The van der Waals surface area contributed by atoms with E-state index in [2.05, 4.69) is 70.2 Å². The average Bonchev–Trinajstić information content (AvgIpc) is 4.29. The summed E-state index contributed by atoms with van der Waals surface area (Å²) >= 11 is 5.17. The molecule has 4 aromatic carbocycles. The van der Waals surface area contributed by atoms with Crippen molar-refractivity contribution in [2.45, 2.75) is 106 Å². The second-order valence-corrected chi connectivity index (χ2v) is 19.4. The molecule has 5 N–H and O–H groups in total. The molecule has 0 saturated carbocycles. The number of hydrogen-bond donors (Lipinski definition) is 5. The molecule has 0 saturated heterocycles. The number of esters is 3. The highest BCUT2D eigenvalue weighted by molar-refractivity contribution is 6.63. The normalized spacial score (nSPS) is 11.4. The number of nitrogens with one attached hydrogen (secondary N) is 4. The molecule has 0 fully saturated rings. The molecule has 0 aliphatic carbocycles. The highest BCUT2D eigenvalue weighted by Gasteiger charge is 2.23. The highest BCUT2D eigenvalue weighted by atomic mass is 35.5. The maximum absolute atomic E-state index is 12.6. The third-order valence-corrected chi connectivity index (χ3v) is 12.9. The molecule has 0 bridgehead atoms. The number of ketones is 1. The molecule has 4 heterocycles. The Morgan fingerprint density at radius 1 is 0.475 bits per heavy atom. The molecule has 0 radical (unpaired) electrons. The molecule has 8 aromatic rings. The van der Waals surface area contributed by atoms with Gasteiger partial charge in [0.05, 0.1) is 19.8 Å². The minimum Gasteiger partial charge on any atom is -0.477 e. The van der Waals surface area contributed by atoms with Crippen LogP contribution in [-0.4, -0.2) is 79.8 Å². The lowest BCUT2D eigenvalue weighted by Crippen LogP contribution is -2.10. The van der Waals surface area contributed by atoms with Crippen LogP contribution in [0.15, 0.2) is 152 Å². The Balaban J connectivity index is 0.000000221. The van der Waals surface area contributed by atoms with Crippen molar-refractivity contribution in [1.29, 1.82) is 0 Å². The molecule has 0 spiro atoms. The van der Waals surface area contributed by atoms with Crippen molar-refractivity contribution in [2.75, 3.05) is 19.8 Å². The molecule has 422 valence electrons. The summed E-state index contributed by atoms with van der Waals surface area (Å²) < 4.78 is 14.7. The van der Waals surface area contributed by atoms with Gasteiger partial charge in [0.15, 0.2) is 5.78 Å². The van der Waals surface area contributed by atoms with E-state index in [1.807, 2.05) is 132 Å². The number of carboxylic acids is 1. The summed E-state index contributed by atoms with van der Waals surface area (Å²) in [4.78, 5) is 80.1. The largest absolute Gasteiger partial charge is 0.477 e. The number of aromatic carboxylic acids is 1. The van der Waals surface area contributed by atoms with Gasteiger partial charge in [0, 0.05) is 40.7 Å². The van der Waals surface area contributed by atoms with Crippen LogP contribution in [0.3, 0.4) is 0 Å². The molecule has 3 atom stereocenters. The van der Waals surface area contributed by atoms with Crippen molar-refractivity contribution < 1.29 is 48.1 Å². The maximum atomic E-state index is 12.6. The van der Waals surface area contributed by atoms with Gasteiger partial charge in [-0.2, -0.15) is 0 Å². The number of Topliss-reactive ketones (excluding diaryl/α,β-unsaturated/α-hetero) is 1. The smallest absolute Gasteiger partial charge is 0.354 e. The van der Waals surface area contributed by atoms with E-state index in [1.54, 1.807) is 39.0 Å². The first-order valence-electron chi connectivity index (χ1n) is 26.6. The fourth-order valence-corrected chi connectivity index (χ4v) is 8.52. The number of benzene rings is 4. The standard InChI is InChI=1S/C17H19NO3.C17H21NO2.C15H17NO2.C8H7ClO.C8H11NO2/c1-4-21-17(20)15-10-14(12(3)18-15)16(19)11(2)13-8-6-5-7-9-13;1-4-20-17(19)16-11-15(13(3)18-16)10-12(2)14-8-6-5-7-9-14;1-10(12-6-4-3-5-7-12)8-13-9-14(15(17)18)16-11(13)2;9-8(10)6-7-4-2-1-3-5-7;1-3-11-8(10)7-5-4-6(2)9-7/h5-11,18H,4H2,1-3H3;5-9,11-12,18H,4,10H2,1-3H3;3-7,9-10,16H,8H2,1-2H3,(H,17,18);1-5H,6H2;4-5,9H,3H2,1-2H3. The molecule has 0 aliphatic rings. The minimum atomic E-state index is -0.906. The molecule has 8 rings (SSSR count). The van der Waals surface area contributed by atoms with E-state index in [0.717, 1.165) is 46.6 Å². The van der Waals surface area contributed by atoms with Gasteiger partial charge in [-0.05, 0) is 148 Å². The zero-order valence-corrected chi connectivity index (χ0v) is 48.2. The Morgan fingerprint density at radius 2 is 0.863 bits per heavy atom. The fraction of sp³-hybridized carbons (Fsp3) is 0.292. The van der Waals surface area contributed by atoms with Crippen molar-refractivity contribution in [3.63, 3.8) is 0 Å². The predicted octanol–water partition coefficient (Wildman–Crippen LogP) is 14.2. The van der Waals surface area contributed by atoms with Gasteiger partial charge in [0.2, 0.25) is 5.24 Å².